The third kappa shape index (κ3) is 2.99. The van der Waals surface area contributed by atoms with Crippen molar-refractivity contribution in [2.45, 2.75) is 38.4 Å². The summed E-state index contributed by atoms with van der Waals surface area (Å²) >= 11 is 0. The van der Waals surface area contributed by atoms with Gasteiger partial charge in [0.1, 0.15) is 0 Å². The van der Waals surface area contributed by atoms with Gasteiger partial charge in [-0.1, -0.05) is 0 Å². The van der Waals surface area contributed by atoms with Crippen LogP contribution in [0.25, 0.3) is 0 Å². The molecule has 0 aromatic carbocycles. The van der Waals surface area contributed by atoms with Crippen molar-refractivity contribution in [3.8, 4) is 0 Å². The number of hydrogen-bond acceptors (Lipinski definition) is 2. The highest BCUT2D eigenvalue weighted by molar-refractivity contribution is 5.64. The Hall–Kier alpha value is -1.73. The van der Waals surface area contributed by atoms with E-state index in [2.05, 4.69) is 10.4 Å². The van der Waals surface area contributed by atoms with Crippen LogP contribution in [0.3, 0.4) is 0 Å². The molecular formula is C11H14F3N3O2. The van der Waals surface area contributed by atoms with Gasteiger partial charge in [0.15, 0.2) is 5.69 Å². The lowest BCUT2D eigenvalue weighted by Crippen LogP contribution is -2.26. The Labute approximate surface area is 107 Å². The minimum atomic E-state index is -4.45. The number of hydrogen-bond donors (Lipinski definition) is 2. The van der Waals surface area contributed by atoms with Gasteiger partial charge in [-0.15, -0.1) is 0 Å². The van der Waals surface area contributed by atoms with Gasteiger partial charge in [-0.25, -0.2) is 4.79 Å². The molecule has 1 heterocycles. The van der Waals surface area contributed by atoms with Crippen LogP contribution in [0.15, 0.2) is 0 Å². The van der Waals surface area contributed by atoms with Crippen LogP contribution >= 0.6 is 0 Å². The first-order chi connectivity index (χ1) is 8.89. The molecule has 1 aliphatic carbocycles. The van der Waals surface area contributed by atoms with Crippen molar-refractivity contribution in [2.24, 2.45) is 0 Å². The van der Waals surface area contributed by atoms with E-state index in [-0.39, 0.29) is 18.7 Å². The minimum absolute atomic E-state index is 0.0424. The molecule has 0 bridgehead atoms. The third-order valence-corrected chi connectivity index (χ3v) is 3.13. The van der Waals surface area contributed by atoms with Gasteiger partial charge in [0.25, 0.3) is 0 Å². The van der Waals surface area contributed by atoms with Crippen molar-refractivity contribution < 1.29 is 23.1 Å². The molecule has 2 N–H and O–H groups in total. The van der Waals surface area contributed by atoms with Crippen LogP contribution in [0, 0.1) is 0 Å². The Bertz CT molecular complexity index is 482. The molecule has 0 radical (unpaired) electrons. The topological polar surface area (TPSA) is 67.2 Å². The molecule has 0 spiro atoms. The van der Waals surface area contributed by atoms with E-state index in [1.54, 1.807) is 0 Å². The first kappa shape index (κ1) is 13.7. The van der Waals surface area contributed by atoms with Crippen LogP contribution in [-0.4, -0.2) is 27.5 Å². The molecule has 5 nitrogen and oxygen atoms in total. The highest BCUT2D eigenvalue weighted by Gasteiger charge is 2.39. The molecule has 106 valence electrons. The zero-order valence-corrected chi connectivity index (χ0v) is 10.1. The lowest BCUT2D eigenvalue weighted by Gasteiger charge is -2.14. The molecule has 1 aromatic rings. The molecular weight excluding hydrogens is 263 g/mol. The van der Waals surface area contributed by atoms with E-state index in [1.807, 2.05) is 0 Å². The summed E-state index contributed by atoms with van der Waals surface area (Å²) in [6.45, 7) is 0.158. The number of fused-ring (bicyclic) bond motifs is 1. The lowest BCUT2D eigenvalue weighted by molar-refractivity contribution is -0.142. The van der Waals surface area contributed by atoms with E-state index < -0.39 is 18.0 Å². The molecule has 0 unspecified atom stereocenters. The van der Waals surface area contributed by atoms with Crippen molar-refractivity contribution in [3.05, 3.63) is 17.0 Å². The van der Waals surface area contributed by atoms with Crippen LogP contribution < -0.4 is 5.32 Å². The number of carbonyl (C=O) groups is 1. The third-order valence-electron chi connectivity index (χ3n) is 3.13. The Morgan fingerprint density at radius 2 is 2.05 bits per heavy atom. The smallest absolute Gasteiger partial charge is 0.435 e. The number of carboxylic acid groups (broad SMARTS) is 1. The van der Waals surface area contributed by atoms with Gasteiger partial charge in [-0.2, -0.15) is 18.3 Å². The molecule has 1 aliphatic rings. The highest BCUT2D eigenvalue weighted by Crippen LogP contribution is 2.35. The summed E-state index contributed by atoms with van der Waals surface area (Å²) in [5, 5.41) is 14.2. The van der Waals surface area contributed by atoms with E-state index in [4.69, 9.17) is 5.11 Å². The van der Waals surface area contributed by atoms with Crippen LogP contribution in [0.4, 0.5) is 18.0 Å². The maximum Gasteiger partial charge on any atom is 0.435 e. The first-order valence-electron chi connectivity index (χ1n) is 6.02. The molecule has 0 aliphatic heterocycles. The molecule has 0 fully saturated rings. The Morgan fingerprint density at radius 3 is 2.68 bits per heavy atom. The quantitative estimate of drug-likeness (QED) is 0.888. The summed E-state index contributed by atoms with van der Waals surface area (Å²) < 4.78 is 39.8. The number of nitrogens with one attached hydrogen (secondary N) is 1. The Balaban J connectivity index is 2.23. The largest absolute Gasteiger partial charge is 0.465 e. The van der Waals surface area contributed by atoms with E-state index in [0.29, 0.717) is 18.5 Å². The Kier molecular flexibility index (Phi) is 3.68. The van der Waals surface area contributed by atoms with E-state index in [1.165, 1.54) is 4.68 Å². The normalized spacial score (nSPS) is 15.1. The summed E-state index contributed by atoms with van der Waals surface area (Å²) in [4.78, 5) is 10.3. The molecule has 2 rings (SSSR count). The zero-order valence-electron chi connectivity index (χ0n) is 10.1. The van der Waals surface area contributed by atoms with Gasteiger partial charge in [-0.3, -0.25) is 4.68 Å². The zero-order chi connectivity index (χ0) is 14.0. The van der Waals surface area contributed by atoms with E-state index >= 15 is 0 Å². The molecule has 1 amide bonds. The van der Waals surface area contributed by atoms with Crippen LogP contribution in [0.1, 0.15) is 29.8 Å². The summed E-state index contributed by atoms with van der Waals surface area (Å²) in [7, 11) is 0. The summed E-state index contributed by atoms with van der Waals surface area (Å²) in [6, 6.07) is 0. The van der Waals surface area contributed by atoms with Gasteiger partial charge in [0, 0.05) is 17.8 Å². The SMILES string of the molecule is O=C(O)NCCn1nc(C(F)(F)F)c2c1CCCC2. The summed E-state index contributed by atoms with van der Waals surface area (Å²) in [6.07, 6.45) is -3.14. The van der Waals surface area contributed by atoms with Gasteiger partial charge in [-0.05, 0) is 25.7 Å². The van der Waals surface area contributed by atoms with Crippen molar-refractivity contribution >= 4 is 6.09 Å². The number of rotatable bonds is 3. The number of amides is 1. The first-order valence-corrected chi connectivity index (χ1v) is 6.02. The summed E-state index contributed by atoms with van der Waals surface area (Å²) in [5.74, 6) is 0. The second-order valence-electron chi connectivity index (χ2n) is 4.43. The van der Waals surface area contributed by atoms with Gasteiger partial charge in [0.05, 0.1) is 6.54 Å². The van der Waals surface area contributed by atoms with Crippen LogP contribution in [0.2, 0.25) is 0 Å². The highest BCUT2D eigenvalue weighted by atomic mass is 19.4. The van der Waals surface area contributed by atoms with Crippen molar-refractivity contribution in [1.82, 2.24) is 15.1 Å². The number of aromatic nitrogens is 2. The second-order valence-corrected chi connectivity index (χ2v) is 4.43. The fraction of sp³-hybridized carbons (Fsp3) is 0.636. The molecule has 1 aromatic heterocycles. The van der Waals surface area contributed by atoms with Gasteiger partial charge < -0.3 is 10.4 Å². The summed E-state index contributed by atoms with van der Waals surface area (Å²) in [5.41, 5.74) is 0.0392. The maximum absolute atomic E-state index is 12.9. The number of alkyl halides is 3. The van der Waals surface area contributed by atoms with Gasteiger partial charge in [0.2, 0.25) is 0 Å². The van der Waals surface area contributed by atoms with Crippen molar-refractivity contribution in [3.63, 3.8) is 0 Å². The Morgan fingerprint density at radius 1 is 1.37 bits per heavy atom. The molecule has 8 heteroatoms. The molecule has 0 saturated carbocycles. The minimum Gasteiger partial charge on any atom is -0.465 e. The van der Waals surface area contributed by atoms with E-state index in [0.717, 1.165) is 12.8 Å². The standard InChI is InChI=1S/C11H14F3N3O2/c12-11(13,14)9-7-3-1-2-4-8(7)17(16-9)6-5-15-10(18)19/h15H,1-6H2,(H,18,19). The predicted octanol–water partition coefficient (Wildman–Crippen LogP) is 2.05. The fourth-order valence-electron chi connectivity index (χ4n) is 2.35. The number of halogens is 3. The van der Waals surface area contributed by atoms with E-state index in [9.17, 15) is 18.0 Å². The fourth-order valence-corrected chi connectivity index (χ4v) is 2.35. The molecule has 0 saturated heterocycles. The average Bonchev–Trinajstić information content (AvgIpc) is 2.68. The van der Waals surface area contributed by atoms with Gasteiger partial charge >= 0.3 is 12.3 Å². The monoisotopic (exact) mass is 277 g/mol. The maximum atomic E-state index is 12.9. The van der Waals surface area contributed by atoms with Crippen LogP contribution in [0.5, 0.6) is 0 Å². The molecule has 0 atom stereocenters. The average molecular weight is 277 g/mol. The second kappa shape index (κ2) is 5.10. The van der Waals surface area contributed by atoms with Crippen LogP contribution in [-0.2, 0) is 25.6 Å². The van der Waals surface area contributed by atoms with Crippen molar-refractivity contribution in [1.29, 1.82) is 0 Å². The number of nitrogens with zero attached hydrogens (tertiary/aromatic N) is 2. The van der Waals surface area contributed by atoms with Crippen molar-refractivity contribution in [2.75, 3.05) is 6.54 Å². The molecule has 19 heavy (non-hydrogen) atoms. The predicted molar refractivity (Wildman–Crippen MR) is 59.9 cm³/mol. The lowest BCUT2D eigenvalue weighted by atomic mass is 9.95.